The van der Waals surface area contributed by atoms with Gasteiger partial charge in [-0.15, -0.1) is 0 Å². The van der Waals surface area contributed by atoms with Gasteiger partial charge in [-0.3, -0.25) is 9.59 Å². The summed E-state index contributed by atoms with van der Waals surface area (Å²) in [6.07, 6.45) is 1.28. The maximum atomic E-state index is 12.7. The van der Waals surface area contributed by atoms with Gasteiger partial charge in [0.2, 0.25) is 5.91 Å². The third-order valence-electron chi connectivity index (χ3n) is 4.27. The minimum atomic E-state index is -0.797. The summed E-state index contributed by atoms with van der Waals surface area (Å²) in [5.41, 5.74) is 1.15. The second kappa shape index (κ2) is 6.74. The number of likely N-dealkylation sites (tertiary alicyclic amines) is 1. The second-order valence-corrected chi connectivity index (χ2v) is 6.15. The van der Waals surface area contributed by atoms with E-state index in [1.165, 1.54) is 0 Å². The van der Waals surface area contributed by atoms with Crippen LogP contribution < -0.4 is 0 Å². The lowest BCUT2D eigenvalue weighted by Gasteiger charge is -2.26. The molecule has 0 bridgehead atoms. The number of carboxylic acids is 1. The molecular weight excluding hydrogens is 266 g/mol. The van der Waals surface area contributed by atoms with Crippen LogP contribution in [0.15, 0.2) is 30.3 Å². The number of carboxylic acid groups (broad SMARTS) is 1. The number of hydrogen-bond donors (Lipinski definition) is 1. The molecule has 4 nitrogen and oxygen atoms in total. The summed E-state index contributed by atoms with van der Waals surface area (Å²) < 4.78 is 0. The fourth-order valence-corrected chi connectivity index (χ4v) is 2.87. The zero-order chi connectivity index (χ0) is 15.4. The average molecular weight is 289 g/mol. The van der Waals surface area contributed by atoms with Crippen LogP contribution >= 0.6 is 0 Å². The summed E-state index contributed by atoms with van der Waals surface area (Å²) in [5.74, 6) is -0.952. The highest BCUT2D eigenvalue weighted by Gasteiger charge is 2.34. The van der Waals surface area contributed by atoms with Crippen molar-refractivity contribution in [2.75, 3.05) is 13.1 Å². The van der Waals surface area contributed by atoms with Crippen LogP contribution in [0.2, 0.25) is 0 Å². The maximum absolute atomic E-state index is 12.7. The molecular formula is C17H23NO3. The summed E-state index contributed by atoms with van der Waals surface area (Å²) in [5, 5.41) is 9.06. The van der Waals surface area contributed by atoms with Crippen molar-refractivity contribution in [2.24, 2.45) is 17.8 Å². The molecule has 1 amide bonds. The van der Waals surface area contributed by atoms with E-state index in [4.69, 9.17) is 5.11 Å². The van der Waals surface area contributed by atoms with E-state index in [1.807, 2.05) is 30.3 Å². The van der Waals surface area contributed by atoms with Crippen LogP contribution in [0.1, 0.15) is 25.8 Å². The molecule has 1 N–H and O–H groups in total. The normalized spacial score (nSPS) is 19.8. The number of amides is 1. The number of aliphatic carboxylic acids is 1. The summed E-state index contributed by atoms with van der Waals surface area (Å²) in [4.78, 5) is 25.4. The van der Waals surface area contributed by atoms with Crippen molar-refractivity contribution in [3.05, 3.63) is 35.9 Å². The van der Waals surface area contributed by atoms with Crippen molar-refractivity contribution < 1.29 is 14.7 Å². The van der Waals surface area contributed by atoms with Gasteiger partial charge in [0.05, 0.1) is 5.92 Å². The SMILES string of the molecule is CC(C)[C@@H](Cc1ccccc1)C(=O)N1CC[C@H](C(=O)O)C1. The Labute approximate surface area is 125 Å². The standard InChI is InChI=1S/C17H23NO3/c1-12(2)15(10-13-6-4-3-5-7-13)16(19)18-9-8-14(11-18)17(20)21/h3-7,12,14-15H,8-11H2,1-2H3,(H,20,21)/t14-,15+/m0/s1. The molecule has 2 rings (SSSR count). The molecule has 114 valence electrons. The molecule has 0 unspecified atom stereocenters. The van der Waals surface area contributed by atoms with E-state index >= 15 is 0 Å². The highest BCUT2D eigenvalue weighted by atomic mass is 16.4. The third kappa shape index (κ3) is 3.84. The molecule has 0 spiro atoms. The van der Waals surface area contributed by atoms with Gasteiger partial charge in [-0.1, -0.05) is 44.2 Å². The Morgan fingerprint density at radius 1 is 1.29 bits per heavy atom. The maximum Gasteiger partial charge on any atom is 0.308 e. The summed E-state index contributed by atoms with van der Waals surface area (Å²) in [7, 11) is 0. The number of nitrogens with zero attached hydrogens (tertiary/aromatic N) is 1. The highest BCUT2D eigenvalue weighted by molar-refractivity contribution is 5.81. The molecule has 1 heterocycles. The smallest absolute Gasteiger partial charge is 0.308 e. The van der Waals surface area contributed by atoms with Crippen molar-refractivity contribution in [1.82, 2.24) is 4.90 Å². The monoisotopic (exact) mass is 289 g/mol. The molecule has 1 aromatic carbocycles. The topological polar surface area (TPSA) is 57.6 Å². The van der Waals surface area contributed by atoms with E-state index < -0.39 is 11.9 Å². The van der Waals surface area contributed by atoms with Gasteiger partial charge in [0.25, 0.3) is 0 Å². The molecule has 2 atom stereocenters. The van der Waals surface area contributed by atoms with Crippen LogP contribution in [0.4, 0.5) is 0 Å². The van der Waals surface area contributed by atoms with E-state index in [2.05, 4.69) is 13.8 Å². The van der Waals surface area contributed by atoms with E-state index in [-0.39, 0.29) is 17.7 Å². The van der Waals surface area contributed by atoms with Crippen LogP contribution in [-0.2, 0) is 16.0 Å². The molecule has 1 aliphatic rings. The zero-order valence-corrected chi connectivity index (χ0v) is 12.7. The first-order chi connectivity index (χ1) is 9.99. The van der Waals surface area contributed by atoms with Crippen LogP contribution in [0, 0.1) is 17.8 Å². The molecule has 1 aromatic rings. The molecule has 0 saturated carbocycles. The lowest BCUT2D eigenvalue weighted by Crippen LogP contribution is -2.38. The Hall–Kier alpha value is -1.84. The Morgan fingerprint density at radius 3 is 2.48 bits per heavy atom. The van der Waals surface area contributed by atoms with Gasteiger partial charge in [0.15, 0.2) is 0 Å². The molecule has 1 fully saturated rings. The quantitative estimate of drug-likeness (QED) is 0.905. The van der Waals surface area contributed by atoms with Crippen molar-refractivity contribution in [3.63, 3.8) is 0 Å². The van der Waals surface area contributed by atoms with Gasteiger partial charge in [0.1, 0.15) is 0 Å². The number of rotatable bonds is 5. The lowest BCUT2D eigenvalue weighted by molar-refractivity contribution is -0.141. The van der Waals surface area contributed by atoms with Gasteiger partial charge < -0.3 is 10.0 Å². The van der Waals surface area contributed by atoms with Crippen LogP contribution in [0.3, 0.4) is 0 Å². The van der Waals surface area contributed by atoms with Gasteiger partial charge >= 0.3 is 5.97 Å². The van der Waals surface area contributed by atoms with Crippen molar-refractivity contribution in [3.8, 4) is 0 Å². The van der Waals surface area contributed by atoms with Crippen LogP contribution in [0.25, 0.3) is 0 Å². The van der Waals surface area contributed by atoms with Gasteiger partial charge in [0, 0.05) is 19.0 Å². The predicted octanol–water partition coefficient (Wildman–Crippen LogP) is 2.43. The molecule has 0 aromatic heterocycles. The van der Waals surface area contributed by atoms with Crippen molar-refractivity contribution in [1.29, 1.82) is 0 Å². The summed E-state index contributed by atoms with van der Waals surface area (Å²) in [6.45, 7) is 5.02. The predicted molar refractivity (Wildman–Crippen MR) is 80.8 cm³/mol. The number of benzene rings is 1. The first-order valence-electron chi connectivity index (χ1n) is 7.54. The second-order valence-electron chi connectivity index (χ2n) is 6.15. The molecule has 0 radical (unpaired) electrons. The fourth-order valence-electron chi connectivity index (χ4n) is 2.87. The van der Waals surface area contributed by atoms with Crippen molar-refractivity contribution in [2.45, 2.75) is 26.7 Å². The van der Waals surface area contributed by atoms with Gasteiger partial charge in [-0.25, -0.2) is 0 Å². The number of carbonyl (C=O) groups excluding carboxylic acids is 1. The average Bonchev–Trinajstić information content (AvgIpc) is 2.95. The summed E-state index contributed by atoms with van der Waals surface area (Å²) >= 11 is 0. The molecule has 4 heteroatoms. The minimum absolute atomic E-state index is 0.0834. The number of hydrogen-bond acceptors (Lipinski definition) is 2. The molecule has 0 aliphatic carbocycles. The fraction of sp³-hybridized carbons (Fsp3) is 0.529. The number of carbonyl (C=O) groups is 2. The third-order valence-corrected chi connectivity index (χ3v) is 4.27. The summed E-state index contributed by atoms with van der Waals surface area (Å²) in [6, 6.07) is 9.99. The van der Waals surface area contributed by atoms with E-state index in [9.17, 15) is 9.59 Å². The zero-order valence-electron chi connectivity index (χ0n) is 12.7. The molecule has 1 saturated heterocycles. The lowest BCUT2D eigenvalue weighted by atomic mass is 9.88. The van der Waals surface area contributed by atoms with Gasteiger partial charge in [-0.2, -0.15) is 0 Å². The van der Waals surface area contributed by atoms with E-state index in [0.717, 1.165) is 5.56 Å². The Morgan fingerprint density at radius 2 is 1.95 bits per heavy atom. The first kappa shape index (κ1) is 15.5. The Kier molecular flexibility index (Phi) is 4.99. The van der Waals surface area contributed by atoms with Crippen molar-refractivity contribution >= 4 is 11.9 Å². The molecule has 21 heavy (non-hydrogen) atoms. The van der Waals surface area contributed by atoms with Crippen LogP contribution in [-0.4, -0.2) is 35.0 Å². The minimum Gasteiger partial charge on any atom is -0.481 e. The Balaban J connectivity index is 2.05. The largest absolute Gasteiger partial charge is 0.481 e. The van der Waals surface area contributed by atoms with E-state index in [1.54, 1.807) is 4.90 Å². The van der Waals surface area contributed by atoms with E-state index in [0.29, 0.717) is 25.9 Å². The highest BCUT2D eigenvalue weighted by Crippen LogP contribution is 2.24. The molecule has 1 aliphatic heterocycles. The van der Waals surface area contributed by atoms with Crippen LogP contribution in [0.5, 0.6) is 0 Å². The first-order valence-corrected chi connectivity index (χ1v) is 7.54. The van der Waals surface area contributed by atoms with Gasteiger partial charge in [-0.05, 0) is 24.3 Å². The Bertz CT molecular complexity index is 498.